The second kappa shape index (κ2) is 8.60. The first kappa shape index (κ1) is 19.6. The van der Waals surface area contributed by atoms with Gasteiger partial charge in [-0.3, -0.25) is 9.69 Å². The van der Waals surface area contributed by atoms with Crippen molar-refractivity contribution in [2.24, 2.45) is 0 Å². The van der Waals surface area contributed by atoms with Crippen LogP contribution in [0.3, 0.4) is 0 Å². The molecule has 0 bridgehead atoms. The maximum atomic E-state index is 12.3. The molecule has 0 aromatic carbocycles. The van der Waals surface area contributed by atoms with Crippen LogP contribution in [-0.4, -0.2) is 92.6 Å². The second-order valence-corrected chi connectivity index (χ2v) is 9.25. The highest BCUT2D eigenvalue weighted by molar-refractivity contribution is 7.88. The van der Waals surface area contributed by atoms with Gasteiger partial charge in [-0.1, -0.05) is 0 Å². The maximum absolute atomic E-state index is 12.3. The number of hydrogen-bond donors (Lipinski definition) is 1. The summed E-state index contributed by atoms with van der Waals surface area (Å²) in [6.07, 6.45) is 4.03. The van der Waals surface area contributed by atoms with E-state index in [-0.39, 0.29) is 11.9 Å². The van der Waals surface area contributed by atoms with E-state index in [1.165, 1.54) is 10.6 Å². The smallest absolute Gasteiger partial charge is 0.234 e. The third kappa shape index (κ3) is 5.98. The lowest BCUT2D eigenvalue weighted by atomic mass is 10.0. The van der Waals surface area contributed by atoms with Gasteiger partial charge in [0.2, 0.25) is 15.9 Å². The molecule has 2 aliphatic rings. The number of likely N-dealkylation sites (tertiary alicyclic amines) is 1. The van der Waals surface area contributed by atoms with E-state index in [2.05, 4.69) is 29.0 Å². The van der Waals surface area contributed by atoms with Gasteiger partial charge in [0, 0.05) is 44.8 Å². The average Bonchev–Trinajstić information content (AvgIpc) is 2.73. The van der Waals surface area contributed by atoms with Gasteiger partial charge in [-0.2, -0.15) is 0 Å². The molecule has 2 heterocycles. The van der Waals surface area contributed by atoms with Crippen molar-refractivity contribution in [3.63, 3.8) is 0 Å². The minimum absolute atomic E-state index is 0.0609. The Morgan fingerprint density at radius 2 is 1.75 bits per heavy atom. The Morgan fingerprint density at radius 1 is 1.08 bits per heavy atom. The Labute approximate surface area is 146 Å². The Hall–Kier alpha value is -0.700. The average molecular weight is 361 g/mol. The van der Waals surface area contributed by atoms with Crippen molar-refractivity contribution in [1.82, 2.24) is 19.4 Å². The summed E-state index contributed by atoms with van der Waals surface area (Å²) >= 11 is 0. The molecule has 1 N–H and O–H groups in total. The van der Waals surface area contributed by atoms with Gasteiger partial charge in [0.15, 0.2) is 0 Å². The molecule has 2 aliphatic heterocycles. The first-order valence-electron chi connectivity index (χ1n) is 8.96. The van der Waals surface area contributed by atoms with E-state index in [0.29, 0.717) is 32.2 Å². The Balaban J connectivity index is 1.73. The molecule has 0 radical (unpaired) electrons. The minimum Gasteiger partial charge on any atom is -0.352 e. The lowest BCUT2D eigenvalue weighted by Crippen LogP contribution is -2.49. The molecule has 8 heteroatoms. The first-order chi connectivity index (χ1) is 11.3. The molecular weight excluding hydrogens is 328 g/mol. The molecule has 0 atom stereocenters. The van der Waals surface area contributed by atoms with Crippen LogP contribution in [0.5, 0.6) is 0 Å². The fourth-order valence-electron chi connectivity index (χ4n) is 3.47. The summed E-state index contributed by atoms with van der Waals surface area (Å²) in [4.78, 5) is 16.8. The van der Waals surface area contributed by atoms with Crippen LogP contribution in [0.1, 0.15) is 33.1 Å². The quantitative estimate of drug-likeness (QED) is 0.744. The summed E-state index contributed by atoms with van der Waals surface area (Å²) in [5, 5.41) is 3.15. The predicted octanol–water partition coefficient (Wildman–Crippen LogP) is -0.0573. The summed E-state index contributed by atoms with van der Waals surface area (Å²) in [5.74, 6) is 0.0609. The first-order valence-corrected chi connectivity index (χ1v) is 10.8. The van der Waals surface area contributed by atoms with Crippen molar-refractivity contribution in [2.45, 2.75) is 45.2 Å². The van der Waals surface area contributed by atoms with E-state index in [9.17, 15) is 13.2 Å². The van der Waals surface area contributed by atoms with Crippen LogP contribution < -0.4 is 5.32 Å². The summed E-state index contributed by atoms with van der Waals surface area (Å²) in [5.41, 5.74) is 0. The molecule has 2 fully saturated rings. The summed E-state index contributed by atoms with van der Waals surface area (Å²) in [6.45, 7) is 9.25. The molecule has 7 nitrogen and oxygen atoms in total. The van der Waals surface area contributed by atoms with Crippen LogP contribution in [0.25, 0.3) is 0 Å². The second-order valence-electron chi connectivity index (χ2n) is 7.26. The highest BCUT2D eigenvalue weighted by Crippen LogP contribution is 2.13. The molecule has 0 spiro atoms. The number of amides is 1. The van der Waals surface area contributed by atoms with E-state index in [1.54, 1.807) is 0 Å². The number of nitrogens with one attached hydrogen (secondary N) is 1. The van der Waals surface area contributed by atoms with Crippen molar-refractivity contribution >= 4 is 15.9 Å². The fraction of sp³-hybridized carbons (Fsp3) is 0.938. The number of hydrogen-bond acceptors (Lipinski definition) is 5. The molecule has 2 rings (SSSR count). The number of carbonyl (C=O) groups excluding carboxylic acids is 1. The van der Waals surface area contributed by atoms with Gasteiger partial charge >= 0.3 is 0 Å². The molecule has 2 saturated heterocycles. The molecule has 0 saturated carbocycles. The SMILES string of the molecule is CC(C)N1CCC(NC(=O)CN2CCCN(S(C)(=O)=O)CC2)CC1. The van der Waals surface area contributed by atoms with E-state index in [0.717, 1.165) is 38.9 Å². The van der Waals surface area contributed by atoms with Gasteiger partial charge < -0.3 is 10.2 Å². The van der Waals surface area contributed by atoms with Crippen molar-refractivity contribution < 1.29 is 13.2 Å². The Kier molecular flexibility index (Phi) is 7.03. The largest absolute Gasteiger partial charge is 0.352 e. The monoisotopic (exact) mass is 360 g/mol. The predicted molar refractivity (Wildman–Crippen MR) is 95.3 cm³/mol. The van der Waals surface area contributed by atoms with Gasteiger partial charge in [0.1, 0.15) is 0 Å². The summed E-state index contributed by atoms with van der Waals surface area (Å²) < 4.78 is 24.8. The third-order valence-corrected chi connectivity index (χ3v) is 6.31. The van der Waals surface area contributed by atoms with Crippen molar-refractivity contribution in [3.05, 3.63) is 0 Å². The third-order valence-electron chi connectivity index (χ3n) is 5.01. The lowest BCUT2D eigenvalue weighted by Gasteiger charge is -2.35. The van der Waals surface area contributed by atoms with Crippen LogP contribution in [-0.2, 0) is 14.8 Å². The number of sulfonamides is 1. The van der Waals surface area contributed by atoms with Gasteiger partial charge in [-0.05, 0) is 39.7 Å². The summed E-state index contributed by atoms with van der Waals surface area (Å²) in [6, 6.07) is 0.837. The Morgan fingerprint density at radius 3 is 2.33 bits per heavy atom. The molecule has 0 aromatic rings. The molecule has 0 aromatic heterocycles. The van der Waals surface area contributed by atoms with E-state index < -0.39 is 10.0 Å². The number of nitrogens with zero attached hydrogens (tertiary/aromatic N) is 3. The van der Waals surface area contributed by atoms with Crippen LogP contribution in [0.4, 0.5) is 0 Å². The molecule has 140 valence electrons. The van der Waals surface area contributed by atoms with E-state index in [4.69, 9.17) is 0 Å². The van der Waals surface area contributed by atoms with Crippen molar-refractivity contribution in [3.8, 4) is 0 Å². The lowest BCUT2D eigenvalue weighted by molar-refractivity contribution is -0.123. The molecule has 0 unspecified atom stereocenters. The van der Waals surface area contributed by atoms with Gasteiger partial charge in [0.25, 0.3) is 0 Å². The van der Waals surface area contributed by atoms with Crippen LogP contribution in [0.15, 0.2) is 0 Å². The zero-order chi connectivity index (χ0) is 17.7. The van der Waals surface area contributed by atoms with Crippen LogP contribution in [0.2, 0.25) is 0 Å². The van der Waals surface area contributed by atoms with Gasteiger partial charge in [0.05, 0.1) is 12.8 Å². The zero-order valence-corrected chi connectivity index (χ0v) is 16.0. The van der Waals surface area contributed by atoms with Gasteiger partial charge in [-0.15, -0.1) is 0 Å². The van der Waals surface area contributed by atoms with Crippen LogP contribution >= 0.6 is 0 Å². The molecule has 1 amide bonds. The number of piperidine rings is 1. The number of rotatable bonds is 5. The molecular formula is C16H32N4O3S. The Bertz CT molecular complexity index is 515. The van der Waals surface area contributed by atoms with E-state index >= 15 is 0 Å². The fourth-order valence-corrected chi connectivity index (χ4v) is 4.35. The topological polar surface area (TPSA) is 73.0 Å². The normalized spacial score (nSPS) is 23.3. The van der Waals surface area contributed by atoms with Crippen molar-refractivity contribution in [2.75, 3.05) is 52.1 Å². The maximum Gasteiger partial charge on any atom is 0.234 e. The molecule has 0 aliphatic carbocycles. The standard InChI is InChI=1S/C16H32N4O3S/c1-14(2)19-9-5-15(6-10-19)17-16(21)13-18-7-4-8-20(12-11-18)24(3,22)23/h14-15H,4-13H2,1-3H3,(H,17,21). The minimum atomic E-state index is -3.13. The highest BCUT2D eigenvalue weighted by atomic mass is 32.2. The van der Waals surface area contributed by atoms with Gasteiger partial charge in [-0.25, -0.2) is 12.7 Å². The van der Waals surface area contributed by atoms with Crippen LogP contribution in [0, 0.1) is 0 Å². The van der Waals surface area contributed by atoms with E-state index in [1.807, 2.05) is 0 Å². The highest BCUT2D eigenvalue weighted by Gasteiger charge is 2.25. The number of carbonyl (C=O) groups is 1. The molecule has 24 heavy (non-hydrogen) atoms. The summed E-state index contributed by atoms with van der Waals surface area (Å²) in [7, 11) is -3.13. The van der Waals surface area contributed by atoms with Crippen molar-refractivity contribution in [1.29, 1.82) is 0 Å². The zero-order valence-electron chi connectivity index (χ0n) is 15.2.